The SMILES string of the molecule is Cc1ccc2ncccc2c1CN1CC=C[C@@H]1C(C)C. The highest BCUT2D eigenvalue weighted by atomic mass is 15.2. The molecule has 2 aromatic rings. The van der Waals surface area contributed by atoms with Gasteiger partial charge >= 0.3 is 0 Å². The summed E-state index contributed by atoms with van der Waals surface area (Å²) in [5.41, 5.74) is 3.88. The van der Waals surface area contributed by atoms with E-state index in [9.17, 15) is 0 Å². The molecule has 0 bridgehead atoms. The lowest BCUT2D eigenvalue weighted by molar-refractivity contribution is 0.219. The van der Waals surface area contributed by atoms with Crippen molar-refractivity contribution in [3.63, 3.8) is 0 Å². The Morgan fingerprint density at radius 1 is 1.30 bits per heavy atom. The van der Waals surface area contributed by atoms with Crippen LogP contribution in [0.1, 0.15) is 25.0 Å². The normalized spacial score (nSPS) is 19.3. The van der Waals surface area contributed by atoms with E-state index >= 15 is 0 Å². The summed E-state index contributed by atoms with van der Waals surface area (Å²) in [6.45, 7) is 8.86. The second-order valence-corrected chi connectivity index (χ2v) is 6.02. The van der Waals surface area contributed by atoms with Crippen LogP contribution in [0.3, 0.4) is 0 Å². The molecular weight excluding hydrogens is 244 g/mol. The second-order valence-electron chi connectivity index (χ2n) is 6.02. The smallest absolute Gasteiger partial charge is 0.0705 e. The Balaban J connectivity index is 1.97. The predicted molar refractivity (Wildman–Crippen MR) is 84.7 cm³/mol. The van der Waals surface area contributed by atoms with Crippen LogP contribution in [0.5, 0.6) is 0 Å². The Bertz CT molecular complexity index is 643. The van der Waals surface area contributed by atoms with Gasteiger partial charge in [-0.15, -0.1) is 0 Å². The molecule has 20 heavy (non-hydrogen) atoms. The Kier molecular flexibility index (Phi) is 3.58. The van der Waals surface area contributed by atoms with Gasteiger partial charge in [0, 0.05) is 30.7 Å². The van der Waals surface area contributed by atoms with Gasteiger partial charge in [0.05, 0.1) is 5.52 Å². The number of pyridine rings is 1. The molecule has 2 heteroatoms. The van der Waals surface area contributed by atoms with Gasteiger partial charge in [-0.1, -0.05) is 38.1 Å². The molecule has 0 unspecified atom stereocenters. The van der Waals surface area contributed by atoms with Crippen LogP contribution < -0.4 is 0 Å². The van der Waals surface area contributed by atoms with Crippen molar-refractivity contribution >= 4 is 10.9 Å². The largest absolute Gasteiger partial charge is 0.289 e. The Labute approximate surface area is 121 Å². The van der Waals surface area contributed by atoms with E-state index in [2.05, 4.69) is 61.0 Å². The molecular formula is C18H22N2. The van der Waals surface area contributed by atoms with Gasteiger partial charge in [0.25, 0.3) is 0 Å². The summed E-state index contributed by atoms with van der Waals surface area (Å²) in [4.78, 5) is 7.03. The minimum Gasteiger partial charge on any atom is -0.289 e. The molecule has 1 aliphatic rings. The second kappa shape index (κ2) is 5.37. The van der Waals surface area contributed by atoms with Crippen LogP contribution in [-0.2, 0) is 6.54 Å². The van der Waals surface area contributed by atoms with Gasteiger partial charge < -0.3 is 0 Å². The first-order valence-electron chi connectivity index (χ1n) is 7.40. The van der Waals surface area contributed by atoms with Gasteiger partial charge in [0.15, 0.2) is 0 Å². The van der Waals surface area contributed by atoms with Crippen molar-refractivity contribution < 1.29 is 0 Å². The van der Waals surface area contributed by atoms with Crippen molar-refractivity contribution in [1.82, 2.24) is 9.88 Å². The molecule has 1 aliphatic heterocycles. The maximum atomic E-state index is 4.48. The first-order valence-corrected chi connectivity index (χ1v) is 7.40. The molecule has 1 atom stereocenters. The van der Waals surface area contributed by atoms with Crippen molar-refractivity contribution in [3.05, 3.63) is 53.7 Å². The quantitative estimate of drug-likeness (QED) is 0.782. The molecule has 1 aromatic heterocycles. The van der Waals surface area contributed by atoms with Gasteiger partial charge in [-0.25, -0.2) is 0 Å². The fourth-order valence-corrected chi connectivity index (χ4v) is 3.13. The van der Waals surface area contributed by atoms with Crippen LogP contribution in [0.15, 0.2) is 42.6 Å². The molecule has 0 spiro atoms. The minimum atomic E-state index is 0.557. The summed E-state index contributed by atoms with van der Waals surface area (Å²) in [5, 5.41) is 1.29. The summed E-state index contributed by atoms with van der Waals surface area (Å²) >= 11 is 0. The zero-order valence-corrected chi connectivity index (χ0v) is 12.5. The van der Waals surface area contributed by atoms with E-state index in [0.717, 1.165) is 18.6 Å². The third-order valence-corrected chi connectivity index (χ3v) is 4.27. The summed E-state index contributed by atoms with van der Waals surface area (Å²) in [6.07, 6.45) is 6.52. The van der Waals surface area contributed by atoms with Crippen LogP contribution in [0.25, 0.3) is 10.9 Å². The predicted octanol–water partition coefficient (Wildman–Crippen LogP) is 3.94. The lowest BCUT2D eigenvalue weighted by atomic mass is 10.00. The van der Waals surface area contributed by atoms with Crippen molar-refractivity contribution in [2.24, 2.45) is 5.92 Å². The Morgan fingerprint density at radius 3 is 2.95 bits per heavy atom. The highest BCUT2D eigenvalue weighted by Crippen LogP contribution is 2.26. The molecule has 1 aromatic carbocycles. The monoisotopic (exact) mass is 266 g/mol. The number of hydrogen-bond donors (Lipinski definition) is 0. The summed E-state index contributed by atoms with van der Waals surface area (Å²) in [7, 11) is 0. The van der Waals surface area contributed by atoms with Crippen molar-refractivity contribution in [3.8, 4) is 0 Å². The van der Waals surface area contributed by atoms with Crippen molar-refractivity contribution in [1.29, 1.82) is 0 Å². The lowest BCUT2D eigenvalue weighted by Gasteiger charge is -2.28. The molecule has 0 amide bonds. The van der Waals surface area contributed by atoms with Crippen LogP contribution >= 0.6 is 0 Å². The van der Waals surface area contributed by atoms with E-state index in [1.807, 2.05) is 12.3 Å². The number of rotatable bonds is 3. The first-order chi connectivity index (χ1) is 9.66. The number of benzene rings is 1. The molecule has 0 radical (unpaired) electrons. The Hall–Kier alpha value is -1.67. The lowest BCUT2D eigenvalue weighted by Crippen LogP contribution is -2.33. The molecule has 0 N–H and O–H groups in total. The van der Waals surface area contributed by atoms with E-state index < -0.39 is 0 Å². The third-order valence-electron chi connectivity index (χ3n) is 4.27. The average molecular weight is 266 g/mol. The van der Waals surface area contributed by atoms with Crippen molar-refractivity contribution in [2.75, 3.05) is 6.54 Å². The van der Waals surface area contributed by atoms with E-state index in [1.54, 1.807) is 0 Å². The molecule has 2 nitrogen and oxygen atoms in total. The van der Waals surface area contributed by atoms with Gasteiger partial charge in [0.2, 0.25) is 0 Å². The third kappa shape index (κ3) is 2.36. The molecule has 3 rings (SSSR count). The molecule has 2 heterocycles. The van der Waals surface area contributed by atoms with Gasteiger partial charge in [-0.05, 0) is 36.1 Å². The van der Waals surface area contributed by atoms with Gasteiger partial charge in [0.1, 0.15) is 0 Å². The van der Waals surface area contributed by atoms with Crippen LogP contribution in [-0.4, -0.2) is 22.5 Å². The van der Waals surface area contributed by atoms with Gasteiger partial charge in [-0.3, -0.25) is 9.88 Å². The Morgan fingerprint density at radius 2 is 2.15 bits per heavy atom. The summed E-state index contributed by atoms with van der Waals surface area (Å²) in [5.74, 6) is 0.655. The van der Waals surface area contributed by atoms with Crippen LogP contribution in [0.4, 0.5) is 0 Å². The van der Waals surface area contributed by atoms with E-state index in [4.69, 9.17) is 0 Å². The average Bonchev–Trinajstić information content (AvgIpc) is 2.90. The van der Waals surface area contributed by atoms with Crippen molar-refractivity contribution in [2.45, 2.75) is 33.4 Å². The van der Waals surface area contributed by atoms with E-state index in [0.29, 0.717) is 12.0 Å². The van der Waals surface area contributed by atoms with E-state index in [1.165, 1.54) is 16.5 Å². The first kappa shape index (κ1) is 13.3. The number of fused-ring (bicyclic) bond motifs is 1. The molecule has 0 fully saturated rings. The zero-order valence-electron chi connectivity index (χ0n) is 12.5. The number of hydrogen-bond acceptors (Lipinski definition) is 2. The van der Waals surface area contributed by atoms with Crippen LogP contribution in [0.2, 0.25) is 0 Å². The van der Waals surface area contributed by atoms with E-state index in [-0.39, 0.29) is 0 Å². The standard InChI is InChI=1S/C18H22N2/c1-13(2)18-7-5-11-20(18)12-16-14(3)8-9-17-15(16)6-4-10-19-17/h4-10,13,18H,11-12H2,1-3H3/t18-/m1/s1. The number of aryl methyl sites for hydroxylation is 1. The zero-order chi connectivity index (χ0) is 14.1. The molecule has 0 saturated carbocycles. The fraction of sp³-hybridized carbons (Fsp3) is 0.389. The molecule has 0 saturated heterocycles. The summed E-state index contributed by atoms with van der Waals surface area (Å²) < 4.78 is 0. The maximum Gasteiger partial charge on any atom is 0.0705 e. The minimum absolute atomic E-state index is 0.557. The molecule has 0 aliphatic carbocycles. The number of aromatic nitrogens is 1. The molecule has 104 valence electrons. The van der Waals surface area contributed by atoms with Gasteiger partial charge in [-0.2, -0.15) is 0 Å². The summed E-state index contributed by atoms with van der Waals surface area (Å²) in [6, 6.07) is 9.10. The highest BCUT2D eigenvalue weighted by Gasteiger charge is 2.23. The fourth-order valence-electron chi connectivity index (χ4n) is 3.13. The highest BCUT2D eigenvalue weighted by molar-refractivity contribution is 5.83. The number of nitrogens with zero attached hydrogens (tertiary/aromatic N) is 2. The van der Waals surface area contributed by atoms with Crippen LogP contribution in [0, 0.1) is 12.8 Å². The maximum absolute atomic E-state index is 4.48. The topological polar surface area (TPSA) is 16.1 Å².